The molecule has 1 aliphatic rings. The Morgan fingerprint density at radius 3 is 2.12 bits per heavy atom. The third-order valence-corrected chi connectivity index (χ3v) is 5.55. The number of amidine groups is 1. The highest BCUT2D eigenvalue weighted by atomic mass is 79.9. The SMILES string of the molecule is COc1ccc(N2C(=O)/C(=C\c3ccc(OC)cc3OC)N=C2c2ccc(Br)cc2)cc1. The number of hydrogen-bond acceptors (Lipinski definition) is 5. The highest BCUT2D eigenvalue weighted by Gasteiger charge is 2.32. The molecule has 7 heteroatoms. The number of ether oxygens (including phenoxy) is 3. The Balaban J connectivity index is 1.81. The van der Waals surface area contributed by atoms with Crippen molar-refractivity contribution in [2.75, 3.05) is 26.2 Å². The van der Waals surface area contributed by atoms with Gasteiger partial charge in [-0.15, -0.1) is 0 Å². The molecule has 4 rings (SSSR count). The third-order valence-electron chi connectivity index (χ3n) is 5.03. The van der Waals surface area contributed by atoms with Crippen LogP contribution in [0.3, 0.4) is 0 Å². The minimum atomic E-state index is -0.231. The van der Waals surface area contributed by atoms with Crippen LogP contribution in [0.5, 0.6) is 17.2 Å². The van der Waals surface area contributed by atoms with Crippen molar-refractivity contribution in [3.05, 3.63) is 88.0 Å². The molecule has 0 saturated carbocycles. The van der Waals surface area contributed by atoms with Gasteiger partial charge >= 0.3 is 0 Å². The number of hydrogen-bond donors (Lipinski definition) is 0. The summed E-state index contributed by atoms with van der Waals surface area (Å²) in [6.07, 6.45) is 1.73. The number of methoxy groups -OCH3 is 3. The van der Waals surface area contributed by atoms with Crippen LogP contribution in [-0.4, -0.2) is 33.1 Å². The molecule has 0 aromatic heterocycles. The van der Waals surface area contributed by atoms with E-state index in [0.717, 1.165) is 15.6 Å². The van der Waals surface area contributed by atoms with E-state index >= 15 is 0 Å². The number of nitrogens with zero attached hydrogens (tertiary/aromatic N) is 2. The fraction of sp³-hybridized carbons (Fsp3) is 0.120. The van der Waals surface area contributed by atoms with Crippen molar-refractivity contribution in [3.63, 3.8) is 0 Å². The molecular weight excluding hydrogens is 472 g/mol. The van der Waals surface area contributed by atoms with Crippen molar-refractivity contribution in [2.24, 2.45) is 4.99 Å². The third kappa shape index (κ3) is 4.24. The van der Waals surface area contributed by atoms with Gasteiger partial charge in [0.25, 0.3) is 5.91 Å². The second-order valence-electron chi connectivity index (χ2n) is 6.92. The Labute approximate surface area is 194 Å². The maximum absolute atomic E-state index is 13.5. The van der Waals surface area contributed by atoms with Gasteiger partial charge in [0, 0.05) is 21.7 Å². The fourth-order valence-electron chi connectivity index (χ4n) is 3.37. The number of benzene rings is 3. The molecule has 0 aliphatic carbocycles. The van der Waals surface area contributed by atoms with Gasteiger partial charge in [-0.05, 0) is 54.6 Å². The van der Waals surface area contributed by atoms with Gasteiger partial charge in [-0.25, -0.2) is 4.99 Å². The van der Waals surface area contributed by atoms with Crippen molar-refractivity contribution < 1.29 is 19.0 Å². The summed E-state index contributed by atoms with van der Waals surface area (Å²) in [6, 6.07) is 20.4. The van der Waals surface area contributed by atoms with E-state index in [1.807, 2.05) is 60.7 Å². The number of carbonyl (C=O) groups is 1. The monoisotopic (exact) mass is 492 g/mol. The first-order chi connectivity index (χ1) is 15.5. The lowest BCUT2D eigenvalue weighted by atomic mass is 10.1. The Hall–Kier alpha value is -3.58. The maximum Gasteiger partial charge on any atom is 0.282 e. The van der Waals surface area contributed by atoms with Gasteiger partial charge in [0.15, 0.2) is 0 Å². The van der Waals surface area contributed by atoms with E-state index in [2.05, 4.69) is 15.9 Å². The number of anilines is 1. The molecule has 6 nitrogen and oxygen atoms in total. The fourth-order valence-corrected chi connectivity index (χ4v) is 3.63. The highest BCUT2D eigenvalue weighted by Crippen LogP contribution is 2.32. The van der Waals surface area contributed by atoms with Gasteiger partial charge in [-0.3, -0.25) is 9.69 Å². The topological polar surface area (TPSA) is 60.4 Å². The minimum absolute atomic E-state index is 0.231. The predicted molar refractivity (Wildman–Crippen MR) is 129 cm³/mol. The predicted octanol–water partition coefficient (Wildman–Crippen LogP) is 5.31. The second kappa shape index (κ2) is 9.28. The number of halogens is 1. The van der Waals surface area contributed by atoms with Gasteiger partial charge in [-0.2, -0.15) is 0 Å². The zero-order valence-electron chi connectivity index (χ0n) is 17.8. The van der Waals surface area contributed by atoms with Crippen LogP contribution in [0, 0.1) is 0 Å². The van der Waals surface area contributed by atoms with Crippen LogP contribution in [-0.2, 0) is 4.79 Å². The normalized spacial score (nSPS) is 14.5. The summed E-state index contributed by atoms with van der Waals surface area (Å²) in [5.74, 6) is 2.28. The van der Waals surface area contributed by atoms with Crippen molar-refractivity contribution >= 4 is 39.4 Å². The van der Waals surface area contributed by atoms with Crippen LogP contribution in [0.25, 0.3) is 6.08 Å². The summed E-state index contributed by atoms with van der Waals surface area (Å²) in [6.45, 7) is 0. The number of amides is 1. The van der Waals surface area contributed by atoms with E-state index in [1.165, 1.54) is 0 Å². The summed E-state index contributed by atoms with van der Waals surface area (Å²) in [7, 11) is 4.77. The van der Waals surface area contributed by atoms with Crippen molar-refractivity contribution in [2.45, 2.75) is 0 Å². The second-order valence-corrected chi connectivity index (χ2v) is 7.83. The van der Waals surface area contributed by atoms with Crippen LogP contribution in [0.15, 0.2) is 81.9 Å². The van der Waals surface area contributed by atoms with Gasteiger partial charge in [-0.1, -0.05) is 28.1 Å². The molecule has 0 fully saturated rings. The van der Waals surface area contributed by atoms with E-state index in [4.69, 9.17) is 19.2 Å². The molecule has 0 N–H and O–H groups in total. The lowest BCUT2D eigenvalue weighted by Gasteiger charge is -2.19. The number of rotatable bonds is 6. The van der Waals surface area contributed by atoms with E-state index in [9.17, 15) is 4.79 Å². The first-order valence-corrected chi connectivity index (χ1v) is 10.6. The molecule has 162 valence electrons. The van der Waals surface area contributed by atoms with Crippen LogP contribution in [0.2, 0.25) is 0 Å². The lowest BCUT2D eigenvalue weighted by molar-refractivity contribution is -0.113. The molecule has 1 aliphatic heterocycles. The summed E-state index contributed by atoms with van der Waals surface area (Å²) in [5.41, 5.74) is 2.55. The van der Waals surface area contributed by atoms with E-state index < -0.39 is 0 Å². The molecule has 3 aromatic rings. The van der Waals surface area contributed by atoms with Crippen molar-refractivity contribution in [3.8, 4) is 17.2 Å². The zero-order chi connectivity index (χ0) is 22.7. The highest BCUT2D eigenvalue weighted by molar-refractivity contribution is 9.10. The Kier molecular flexibility index (Phi) is 6.28. The molecule has 32 heavy (non-hydrogen) atoms. The van der Waals surface area contributed by atoms with Gasteiger partial charge < -0.3 is 14.2 Å². The van der Waals surface area contributed by atoms with Gasteiger partial charge in [0.2, 0.25) is 0 Å². The standard InChI is InChI=1S/C25H21BrN2O4/c1-30-20-12-9-19(10-13-20)28-24(16-4-7-18(26)8-5-16)27-22(25(28)29)14-17-6-11-21(31-2)15-23(17)32-3/h4-15H,1-3H3/b22-14+. The average Bonchev–Trinajstić information content (AvgIpc) is 3.15. The lowest BCUT2D eigenvalue weighted by Crippen LogP contribution is -2.32. The molecule has 0 atom stereocenters. The molecular formula is C25H21BrN2O4. The molecule has 0 spiro atoms. The Bertz CT molecular complexity index is 1200. The summed E-state index contributed by atoms with van der Waals surface area (Å²) < 4.78 is 16.9. The zero-order valence-corrected chi connectivity index (χ0v) is 19.4. The van der Waals surface area contributed by atoms with Crippen LogP contribution in [0.1, 0.15) is 11.1 Å². The average molecular weight is 493 g/mol. The molecule has 1 amide bonds. The smallest absolute Gasteiger partial charge is 0.282 e. The van der Waals surface area contributed by atoms with Crippen LogP contribution < -0.4 is 19.1 Å². The molecule has 3 aromatic carbocycles. The van der Waals surface area contributed by atoms with E-state index in [0.29, 0.717) is 34.5 Å². The minimum Gasteiger partial charge on any atom is -0.497 e. The van der Waals surface area contributed by atoms with E-state index in [-0.39, 0.29) is 5.91 Å². The first-order valence-electron chi connectivity index (χ1n) is 9.81. The summed E-state index contributed by atoms with van der Waals surface area (Å²) in [4.78, 5) is 19.8. The van der Waals surface area contributed by atoms with E-state index in [1.54, 1.807) is 38.4 Å². The maximum atomic E-state index is 13.5. The molecule has 0 bridgehead atoms. The number of aliphatic imine (C=N–C) groups is 1. The largest absolute Gasteiger partial charge is 0.497 e. The Morgan fingerprint density at radius 2 is 1.50 bits per heavy atom. The van der Waals surface area contributed by atoms with Crippen LogP contribution in [0.4, 0.5) is 5.69 Å². The summed E-state index contributed by atoms with van der Waals surface area (Å²) >= 11 is 3.46. The summed E-state index contributed by atoms with van der Waals surface area (Å²) in [5, 5.41) is 0. The Morgan fingerprint density at radius 1 is 0.844 bits per heavy atom. The number of carbonyl (C=O) groups excluding carboxylic acids is 1. The first kappa shape index (κ1) is 21.6. The van der Waals surface area contributed by atoms with Crippen LogP contribution >= 0.6 is 15.9 Å². The van der Waals surface area contributed by atoms with Gasteiger partial charge in [0.05, 0.1) is 27.0 Å². The molecule has 0 radical (unpaired) electrons. The quantitative estimate of drug-likeness (QED) is 0.437. The molecule has 0 saturated heterocycles. The van der Waals surface area contributed by atoms with Crippen molar-refractivity contribution in [1.29, 1.82) is 0 Å². The van der Waals surface area contributed by atoms with Gasteiger partial charge in [0.1, 0.15) is 28.8 Å². The molecule has 0 unspecified atom stereocenters. The molecule has 1 heterocycles. The van der Waals surface area contributed by atoms with Crippen molar-refractivity contribution in [1.82, 2.24) is 0 Å².